The molecule has 0 aliphatic rings. The Morgan fingerprint density at radius 2 is 1.15 bits per heavy atom. The van der Waals surface area contributed by atoms with Crippen molar-refractivity contribution < 1.29 is 16.8 Å². The van der Waals surface area contributed by atoms with Crippen LogP contribution in [0.15, 0.2) is 58.3 Å². The van der Waals surface area contributed by atoms with Crippen molar-refractivity contribution in [1.29, 1.82) is 0 Å². The highest BCUT2D eigenvalue weighted by Gasteiger charge is 2.29. The van der Waals surface area contributed by atoms with E-state index >= 15 is 0 Å². The molecule has 0 amide bonds. The van der Waals surface area contributed by atoms with E-state index < -0.39 is 20.0 Å². The van der Waals surface area contributed by atoms with Gasteiger partial charge in [-0.3, -0.25) is 0 Å². The molecule has 0 spiro atoms. The van der Waals surface area contributed by atoms with Gasteiger partial charge < -0.3 is 0 Å². The van der Waals surface area contributed by atoms with Gasteiger partial charge in [0, 0.05) is 13.1 Å². The number of hydrogen-bond donors (Lipinski definition) is 2. The van der Waals surface area contributed by atoms with Crippen LogP contribution in [0.25, 0.3) is 0 Å². The maximum atomic E-state index is 12.8. The van der Waals surface area contributed by atoms with E-state index in [2.05, 4.69) is 23.3 Å². The van der Waals surface area contributed by atoms with Crippen LogP contribution < -0.4 is 9.44 Å². The Hall–Kier alpha value is -1.74. The van der Waals surface area contributed by atoms with E-state index in [1.807, 2.05) is 13.8 Å². The van der Waals surface area contributed by atoms with Gasteiger partial charge in [-0.05, 0) is 69.2 Å². The summed E-state index contributed by atoms with van der Waals surface area (Å²) in [6.45, 7) is 8.68. The van der Waals surface area contributed by atoms with Gasteiger partial charge in [-0.25, -0.2) is 26.3 Å². The lowest BCUT2D eigenvalue weighted by molar-refractivity contribution is 0.219. The largest absolute Gasteiger partial charge is 0.240 e. The van der Waals surface area contributed by atoms with E-state index in [0.717, 1.165) is 43.2 Å². The Kier molecular flexibility index (Phi) is 10.1. The molecule has 0 saturated carbocycles. The summed E-state index contributed by atoms with van der Waals surface area (Å²) in [7, 11) is -7.16. The summed E-state index contributed by atoms with van der Waals surface area (Å²) >= 11 is 0. The Morgan fingerprint density at radius 3 is 1.61 bits per heavy atom. The van der Waals surface area contributed by atoms with E-state index in [0.29, 0.717) is 19.5 Å². The summed E-state index contributed by atoms with van der Waals surface area (Å²) in [5.74, 6) is 0. The number of nitrogens with one attached hydrogen (secondary N) is 2. The molecule has 0 aliphatic carbocycles. The van der Waals surface area contributed by atoms with Crippen LogP contribution in [0.2, 0.25) is 0 Å². The van der Waals surface area contributed by atoms with Crippen LogP contribution in [-0.2, 0) is 20.0 Å². The predicted molar refractivity (Wildman–Crippen MR) is 134 cm³/mol. The molecule has 0 fully saturated rings. The smallest absolute Gasteiger partial charge is 0.211 e. The quantitative estimate of drug-likeness (QED) is 0.364. The average molecular weight is 495 g/mol. The van der Waals surface area contributed by atoms with Crippen molar-refractivity contribution >= 4 is 20.0 Å². The molecular formula is C25H38N2O4S2. The molecule has 8 heteroatoms. The third-order valence-electron chi connectivity index (χ3n) is 6.29. The maximum absolute atomic E-state index is 12.8. The van der Waals surface area contributed by atoms with Crippen LogP contribution in [-0.4, -0.2) is 29.9 Å². The van der Waals surface area contributed by atoms with Gasteiger partial charge in [0.1, 0.15) is 0 Å². The second kappa shape index (κ2) is 12.1. The van der Waals surface area contributed by atoms with Crippen molar-refractivity contribution in [3.63, 3.8) is 0 Å². The van der Waals surface area contributed by atoms with Crippen LogP contribution in [0, 0.1) is 19.3 Å². The second-order valence-corrected chi connectivity index (χ2v) is 12.4. The highest BCUT2D eigenvalue weighted by Crippen LogP contribution is 2.34. The predicted octanol–water partition coefficient (Wildman–Crippen LogP) is 4.93. The summed E-state index contributed by atoms with van der Waals surface area (Å²) in [6, 6.07) is 13.6. The van der Waals surface area contributed by atoms with Crippen LogP contribution in [0.5, 0.6) is 0 Å². The monoisotopic (exact) mass is 494 g/mol. The molecule has 0 radical (unpaired) electrons. The van der Waals surface area contributed by atoms with Crippen molar-refractivity contribution in [3.8, 4) is 0 Å². The normalized spacial score (nSPS) is 14.2. The van der Waals surface area contributed by atoms with Crippen LogP contribution in [0.4, 0.5) is 0 Å². The molecule has 0 unspecified atom stereocenters. The standard InChI is InChI=1S/C25H38N2O4S2/c1-5-7-17-25(6-2,20-27-33(30,31)24-15-11-22(4)12-16-24)18-8-19-26-32(28,29)23-13-9-21(3)10-14-23/h9-16,26-27H,5-8,17-20H2,1-4H3/t25-/m1/s1. The molecule has 2 aromatic carbocycles. The molecule has 0 aliphatic heterocycles. The fourth-order valence-electron chi connectivity index (χ4n) is 3.85. The molecule has 2 N–H and O–H groups in total. The van der Waals surface area contributed by atoms with Gasteiger partial charge in [-0.1, -0.05) is 62.1 Å². The SMILES string of the molecule is CCCC[C@](CC)(CCCNS(=O)(=O)c1ccc(C)cc1)CNS(=O)(=O)c1ccc(C)cc1. The second-order valence-electron chi connectivity index (χ2n) is 8.91. The molecule has 33 heavy (non-hydrogen) atoms. The first kappa shape index (κ1) is 27.5. The zero-order valence-corrected chi connectivity index (χ0v) is 21.9. The third kappa shape index (κ3) is 8.21. The van der Waals surface area contributed by atoms with Crippen LogP contribution in [0.3, 0.4) is 0 Å². The van der Waals surface area contributed by atoms with Crippen molar-refractivity contribution in [1.82, 2.24) is 9.44 Å². The van der Waals surface area contributed by atoms with E-state index in [-0.39, 0.29) is 15.2 Å². The van der Waals surface area contributed by atoms with Crippen LogP contribution >= 0.6 is 0 Å². The molecule has 0 heterocycles. The molecule has 0 aromatic heterocycles. The summed E-state index contributed by atoms with van der Waals surface area (Å²) < 4.78 is 56.2. The molecule has 1 atom stereocenters. The third-order valence-corrected chi connectivity index (χ3v) is 9.18. The number of sulfonamides is 2. The van der Waals surface area contributed by atoms with Gasteiger partial charge >= 0.3 is 0 Å². The molecule has 2 rings (SSSR count). The van der Waals surface area contributed by atoms with Gasteiger partial charge in [0.2, 0.25) is 20.0 Å². The first-order valence-corrected chi connectivity index (χ1v) is 14.6. The first-order chi connectivity index (χ1) is 15.5. The zero-order valence-electron chi connectivity index (χ0n) is 20.2. The van der Waals surface area contributed by atoms with E-state index in [4.69, 9.17) is 0 Å². The minimum absolute atomic E-state index is 0.219. The minimum Gasteiger partial charge on any atom is -0.211 e. The Balaban J connectivity index is 2.02. The highest BCUT2D eigenvalue weighted by atomic mass is 32.2. The van der Waals surface area contributed by atoms with Crippen molar-refractivity contribution in [3.05, 3.63) is 59.7 Å². The number of rotatable bonds is 14. The Morgan fingerprint density at radius 1 is 0.697 bits per heavy atom. The first-order valence-electron chi connectivity index (χ1n) is 11.7. The summed E-state index contributed by atoms with van der Waals surface area (Å²) in [6.07, 6.45) is 5.09. The molecule has 6 nitrogen and oxygen atoms in total. The number of benzene rings is 2. The van der Waals surface area contributed by atoms with Gasteiger partial charge in [-0.2, -0.15) is 0 Å². The minimum atomic E-state index is -3.60. The molecule has 184 valence electrons. The lowest BCUT2D eigenvalue weighted by Crippen LogP contribution is -2.38. The van der Waals surface area contributed by atoms with Gasteiger partial charge in [-0.15, -0.1) is 0 Å². The molecule has 0 saturated heterocycles. The average Bonchev–Trinajstić information content (AvgIpc) is 2.79. The van der Waals surface area contributed by atoms with E-state index in [1.165, 1.54) is 0 Å². The van der Waals surface area contributed by atoms with Gasteiger partial charge in [0.15, 0.2) is 0 Å². The number of hydrogen-bond acceptors (Lipinski definition) is 4. The van der Waals surface area contributed by atoms with Crippen LogP contribution in [0.1, 0.15) is 63.5 Å². The lowest BCUT2D eigenvalue weighted by Gasteiger charge is -2.33. The van der Waals surface area contributed by atoms with Crippen molar-refractivity contribution in [2.24, 2.45) is 5.41 Å². The molecule has 0 bridgehead atoms. The summed E-state index contributed by atoms with van der Waals surface area (Å²) in [4.78, 5) is 0.520. The van der Waals surface area contributed by atoms with Gasteiger partial charge in [0.05, 0.1) is 9.79 Å². The lowest BCUT2D eigenvalue weighted by atomic mass is 9.76. The van der Waals surface area contributed by atoms with Crippen molar-refractivity contribution in [2.45, 2.75) is 76.0 Å². The molecule has 2 aromatic rings. The summed E-state index contributed by atoms with van der Waals surface area (Å²) in [5, 5.41) is 0. The maximum Gasteiger partial charge on any atom is 0.240 e. The highest BCUT2D eigenvalue weighted by molar-refractivity contribution is 7.89. The Bertz CT molecular complexity index is 1080. The van der Waals surface area contributed by atoms with Gasteiger partial charge in [0.25, 0.3) is 0 Å². The molecular weight excluding hydrogens is 456 g/mol. The van der Waals surface area contributed by atoms with E-state index in [9.17, 15) is 16.8 Å². The van der Waals surface area contributed by atoms with Crippen molar-refractivity contribution in [2.75, 3.05) is 13.1 Å². The Labute approximate surface area is 200 Å². The number of aryl methyl sites for hydroxylation is 2. The fourth-order valence-corrected chi connectivity index (χ4v) is 6.08. The zero-order chi connectivity index (χ0) is 24.5. The van der Waals surface area contributed by atoms with E-state index in [1.54, 1.807) is 48.5 Å². The fraction of sp³-hybridized carbons (Fsp3) is 0.520. The number of unbranched alkanes of at least 4 members (excludes halogenated alkanes) is 1. The summed E-state index contributed by atoms with van der Waals surface area (Å²) in [5.41, 5.74) is 1.79. The topological polar surface area (TPSA) is 92.3 Å².